The SMILES string of the molecule is COC(=O)Cc1cc(CBr)ccc1OC. The van der Waals surface area contributed by atoms with Gasteiger partial charge >= 0.3 is 5.97 Å². The standard InChI is InChI=1S/C11H13BrO3/c1-14-10-4-3-8(7-12)5-9(10)6-11(13)15-2/h3-5H,6-7H2,1-2H3. The first kappa shape index (κ1) is 12.0. The van der Waals surface area contributed by atoms with Gasteiger partial charge in [0.05, 0.1) is 20.6 Å². The lowest BCUT2D eigenvalue weighted by atomic mass is 10.1. The van der Waals surface area contributed by atoms with E-state index >= 15 is 0 Å². The summed E-state index contributed by atoms with van der Waals surface area (Å²) < 4.78 is 9.79. The van der Waals surface area contributed by atoms with Gasteiger partial charge in [-0.3, -0.25) is 4.79 Å². The number of benzene rings is 1. The summed E-state index contributed by atoms with van der Waals surface area (Å²) in [6.45, 7) is 0. The van der Waals surface area contributed by atoms with Gasteiger partial charge in [-0.05, 0) is 11.6 Å². The van der Waals surface area contributed by atoms with Gasteiger partial charge in [-0.1, -0.05) is 28.1 Å². The van der Waals surface area contributed by atoms with Gasteiger partial charge in [0, 0.05) is 10.9 Å². The number of methoxy groups -OCH3 is 2. The third-order valence-corrected chi connectivity index (χ3v) is 2.71. The van der Waals surface area contributed by atoms with E-state index in [9.17, 15) is 4.79 Å². The Kier molecular flexibility index (Phi) is 4.62. The normalized spacial score (nSPS) is 9.80. The second-order valence-electron chi connectivity index (χ2n) is 3.03. The van der Waals surface area contributed by atoms with E-state index in [1.807, 2.05) is 18.2 Å². The van der Waals surface area contributed by atoms with Crippen molar-refractivity contribution in [3.63, 3.8) is 0 Å². The van der Waals surface area contributed by atoms with E-state index in [4.69, 9.17) is 4.74 Å². The molecule has 4 heteroatoms. The molecule has 0 aromatic heterocycles. The first-order chi connectivity index (χ1) is 7.21. The largest absolute Gasteiger partial charge is 0.496 e. The van der Waals surface area contributed by atoms with Crippen LogP contribution in [0.25, 0.3) is 0 Å². The van der Waals surface area contributed by atoms with E-state index < -0.39 is 0 Å². The van der Waals surface area contributed by atoms with Gasteiger partial charge in [-0.15, -0.1) is 0 Å². The third kappa shape index (κ3) is 3.23. The summed E-state index contributed by atoms with van der Waals surface area (Å²) in [7, 11) is 2.97. The molecule has 0 radical (unpaired) electrons. The fraction of sp³-hybridized carbons (Fsp3) is 0.364. The van der Waals surface area contributed by atoms with Gasteiger partial charge in [-0.25, -0.2) is 0 Å². The summed E-state index contributed by atoms with van der Waals surface area (Å²) in [5.41, 5.74) is 1.95. The maximum Gasteiger partial charge on any atom is 0.310 e. The van der Waals surface area contributed by atoms with Crippen LogP contribution in [0.15, 0.2) is 18.2 Å². The van der Waals surface area contributed by atoms with Crippen molar-refractivity contribution in [3.05, 3.63) is 29.3 Å². The lowest BCUT2D eigenvalue weighted by Gasteiger charge is -2.08. The Balaban J connectivity index is 2.95. The zero-order valence-corrected chi connectivity index (χ0v) is 10.3. The minimum Gasteiger partial charge on any atom is -0.496 e. The van der Waals surface area contributed by atoms with Crippen molar-refractivity contribution in [1.29, 1.82) is 0 Å². The first-order valence-electron chi connectivity index (χ1n) is 4.49. The molecule has 0 atom stereocenters. The Hall–Kier alpha value is -1.03. The molecular weight excluding hydrogens is 260 g/mol. The van der Waals surface area contributed by atoms with Crippen molar-refractivity contribution in [3.8, 4) is 5.75 Å². The Morgan fingerprint density at radius 3 is 2.67 bits per heavy atom. The number of carbonyl (C=O) groups is 1. The average Bonchev–Trinajstić information content (AvgIpc) is 2.28. The van der Waals surface area contributed by atoms with Crippen molar-refractivity contribution in [2.24, 2.45) is 0 Å². The van der Waals surface area contributed by atoms with Gasteiger partial charge in [0.15, 0.2) is 0 Å². The van der Waals surface area contributed by atoms with E-state index in [-0.39, 0.29) is 12.4 Å². The van der Waals surface area contributed by atoms with E-state index in [1.165, 1.54) is 7.11 Å². The second-order valence-corrected chi connectivity index (χ2v) is 3.59. The van der Waals surface area contributed by atoms with Crippen LogP contribution in [0.2, 0.25) is 0 Å². The monoisotopic (exact) mass is 272 g/mol. The summed E-state index contributed by atoms with van der Waals surface area (Å²) in [4.78, 5) is 11.2. The molecule has 0 amide bonds. The lowest BCUT2D eigenvalue weighted by Crippen LogP contribution is -2.06. The highest BCUT2D eigenvalue weighted by molar-refractivity contribution is 9.08. The molecule has 0 heterocycles. The van der Waals surface area contributed by atoms with E-state index in [0.717, 1.165) is 16.5 Å². The highest BCUT2D eigenvalue weighted by Crippen LogP contribution is 2.21. The molecule has 1 rings (SSSR count). The Morgan fingerprint density at radius 2 is 2.13 bits per heavy atom. The predicted molar refractivity (Wildman–Crippen MR) is 61.3 cm³/mol. The Bertz CT molecular complexity index is 350. The molecule has 15 heavy (non-hydrogen) atoms. The summed E-state index contributed by atoms with van der Waals surface area (Å²) in [5, 5.41) is 0.755. The molecule has 3 nitrogen and oxygen atoms in total. The topological polar surface area (TPSA) is 35.5 Å². The molecule has 0 aliphatic heterocycles. The number of carbonyl (C=O) groups excluding carboxylic acids is 1. The Morgan fingerprint density at radius 1 is 1.40 bits per heavy atom. The number of hydrogen-bond donors (Lipinski definition) is 0. The molecule has 0 aliphatic rings. The van der Waals surface area contributed by atoms with Crippen molar-refractivity contribution >= 4 is 21.9 Å². The van der Waals surface area contributed by atoms with Gasteiger partial charge in [0.1, 0.15) is 5.75 Å². The van der Waals surface area contributed by atoms with E-state index in [0.29, 0.717) is 5.75 Å². The lowest BCUT2D eigenvalue weighted by molar-refractivity contribution is -0.139. The number of alkyl halides is 1. The van der Waals surface area contributed by atoms with Crippen molar-refractivity contribution in [2.45, 2.75) is 11.8 Å². The molecular formula is C11H13BrO3. The molecule has 0 unspecified atom stereocenters. The van der Waals surface area contributed by atoms with Crippen LogP contribution in [0.3, 0.4) is 0 Å². The minimum atomic E-state index is -0.264. The molecule has 0 spiro atoms. The molecule has 0 aliphatic carbocycles. The first-order valence-corrected chi connectivity index (χ1v) is 5.62. The van der Waals surface area contributed by atoms with Crippen LogP contribution in [-0.2, 0) is 21.3 Å². The van der Waals surface area contributed by atoms with Crippen LogP contribution in [0.5, 0.6) is 5.75 Å². The fourth-order valence-corrected chi connectivity index (χ4v) is 1.63. The number of esters is 1. The number of ether oxygens (including phenoxy) is 2. The summed E-state index contributed by atoms with van der Waals surface area (Å²) >= 11 is 3.36. The van der Waals surface area contributed by atoms with Crippen LogP contribution < -0.4 is 4.74 Å². The summed E-state index contributed by atoms with van der Waals surface area (Å²) in [6.07, 6.45) is 0.237. The van der Waals surface area contributed by atoms with Crippen LogP contribution in [0, 0.1) is 0 Å². The summed E-state index contributed by atoms with van der Waals surface area (Å²) in [5.74, 6) is 0.449. The van der Waals surface area contributed by atoms with Crippen LogP contribution in [-0.4, -0.2) is 20.2 Å². The number of hydrogen-bond acceptors (Lipinski definition) is 3. The van der Waals surface area contributed by atoms with E-state index in [1.54, 1.807) is 7.11 Å². The van der Waals surface area contributed by atoms with Crippen molar-refractivity contribution < 1.29 is 14.3 Å². The van der Waals surface area contributed by atoms with Gasteiger partial charge in [-0.2, -0.15) is 0 Å². The highest BCUT2D eigenvalue weighted by Gasteiger charge is 2.09. The maximum atomic E-state index is 11.2. The Labute approximate surface area is 97.5 Å². The minimum absolute atomic E-state index is 0.237. The predicted octanol–water partition coefficient (Wildman–Crippen LogP) is 2.31. The molecule has 0 bridgehead atoms. The molecule has 0 saturated carbocycles. The van der Waals surface area contributed by atoms with Gasteiger partial charge in [0.2, 0.25) is 0 Å². The van der Waals surface area contributed by atoms with E-state index in [2.05, 4.69) is 20.7 Å². The van der Waals surface area contributed by atoms with Crippen LogP contribution in [0.4, 0.5) is 0 Å². The maximum absolute atomic E-state index is 11.2. The zero-order chi connectivity index (χ0) is 11.3. The highest BCUT2D eigenvalue weighted by atomic mass is 79.9. The van der Waals surface area contributed by atoms with Gasteiger partial charge in [0.25, 0.3) is 0 Å². The van der Waals surface area contributed by atoms with Crippen LogP contribution >= 0.6 is 15.9 Å². The van der Waals surface area contributed by atoms with Crippen molar-refractivity contribution in [1.82, 2.24) is 0 Å². The quantitative estimate of drug-likeness (QED) is 0.623. The fourth-order valence-electron chi connectivity index (χ4n) is 1.28. The summed E-state index contributed by atoms with van der Waals surface area (Å²) in [6, 6.07) is 5.74. The van der Waals surface area contributed by atoms with Crippen LogP contribution in [0.1, 0.15) is 11.1 Å². The molecule has 1 aromatic carbocycles. The van der Waals surface area contributed by atoms with Crippen molar-refractivity contribution in [2.75, 3.05) is 14.2 Å². The third-order valence-electron chi connectivity index (χ3n) is 2.06. The zero-order valence-electron chi connectivity index (χ0n) is 8.75. The molecule has 82 valence electrons. The number of rotatable bonds is 4. The smallest absolute Gasteiger partial charge is 0.310 e. The molecule has 0 saturated heterocycles. The molecule has 0 N–H and O–H groups in total. The second kappa shape index (κ2) is 5.75. The number of halogens is 1. The molecule has 1 aromatic rings. The molecule has 0 fully saturated rings. The van der Waals surface area contributed by atoms with Gasteiger partial charge < -0.3 is 9.47 Å². The average molecular weight is 273 g/mol.